The van der Waals surface area contributed by atoms with Gasteiger partial charge in [0.2, 0.25) is 0 Å². The summed E-state index contributed by atoms with van der Waals surface area (Å²) in [4.78, 5) is 16.9. The molecule has 0 unspecified atom stereocenters. The number of hydrogen-bond donors (Lipinski definition) is 0. The van der Waals surface area contributed by atoms with Crippen LogP contribution >= 0.6 is 11.3 Å². The number of amides is 1. The van der Waals surface area contributed by atoms with Gasteiger partial charge in [0.05, 0.1) is 17.9 Å². The first-order valence-corrected chi connectivity index (χ1v) is 9.74. The number of ether oxygens (including phenoxy) is 2. The zero-order valence-corrected chi connectivity index (χ0v) is 16.4. The van der Waals surface area contributed by atoms with Gasteiger partial charge in [-0.1, -0.05) is 23.5 Å². The number of fused-ring (bicyclic) bond motifs is 1. The fraction of sp³-hybridized carbons (Fsp3) is 0.300. The number of thiazole rings is 1. The highest BCUT2D eigenvalue weighted by Gasteiger charge is 2.18. The van der Waals surface area contributed by atoms with Crippen molar-refractivity contribution in [1.82, 2.24) is 4.57 Å². The first kappa shape index (κ1) is 20.2. The molecular formula is C20H20F2N2O3S. The van der Waals surface area contributed by atoms with Crippen LogP contribution in [-0.4, -0.2) is 30.3 Å². The van der Waals surface area contributed by atoms with Gasteiger partial charge in [0.25, 0.3) is 5.91 Å². The lowest BCUT2D eigenvalue weighted by Crippen LogP contribution is -2.20. The highest BCUT2D eigenvalue weighted by Crippen LogP contribution is 2.27. The van der Waals surface area contributed by atoms with E-state index in [1.54, 1.807) is 4.57 Å². The van der Waals surface area contributed by atoms with Crippen LogP contribution in [-0.2, 0) is 11.3 Å². The monoisotopic (exact) mass is 406 g/mol. The van der Waals surface area contributed by atoms with Crippen molar-refractivity contribution in [3.63, 3.8) is 0 Å². The zero-order chi connectivity index (χ0) is 20.1. The van der Waals surface area contributed by atoms with Gasteiger partial charge >= 0.3 is 0 Å². The first-order valence-electron chi connectivity index (χ1n) is 8.92. The Morgan fingerprint density at radius 1 is 1.11 bits per heavy atom. The second-order valence-electron chi connectivity index (χ2n) is 5.78. The fourth-order valence-electron chi connectivity index (χ4n) is 2.81. The quantitative estimate of drug-likeness (QED) is 0.554. The molecular weight excluding hydrogens is 386 g/mol. The molecule has 0 saturated heterocycles. The Morgan fingerprint density at radius 3 is 2.50 bits per heavy atom. The highest BCUT2D eigenvalue weighted by atomic mass is 32.1. The van der Waals surface area contributed by atoms with Gasteiger partial charge in [0.1, 0.15) is 28.5 Å². The number of carbonyl (C=O) groups excluding carboxylic acids is 1. The molecule has 5 nitrogen and oxygen atoms in total. The lowest BCUT2D eigenvalue weighted by atomic mass is 10.2. The summed E-state index contributed by atoms with van der Waals surface area (Å²) in [5, 5.41) is 0. The van der Waals surface area contributed by atoms with Crippen LogP contribution in [0.1, 0.15) is 24.2 Å². The van der Waals surface area contributed by atoms with E-state index in [1.165, 1.54) is 17.4 Å². The second kappa shape index (κ2) is 9.07. The summed E-state index contributed by atoms with van der Waals surface area (Å²) in [6.07, 6.45) is 0. The summed E-state index contributed by atoms with van der Waals surface area (Å²) < 4.78 is 41.7. The standard InChI is InChI=1S/C20H20F2N2O3S/c1-3-26-12-11-24-18-15(27-4-2)9-6-10-16(18)28-20(24)23-19(25)17-13(21)7-5-8-14(17)22/h5-10H,3-4,11-12H2,1-2H3. The summed E-state index contributed by atoms with van der Waals surface area (Å²) in [5.41, 5.74) is 0.107. The third-order valence-electron chi connectivity index (χ3n) is 4.00. The molecule has 0 N–H and O–H groups in total. The van der Waals surface area contributed by atoms with Crippen molar-refractivity contribution in [1.29, 1.82) is 0 Å². The Morgan fingerprint density at radius 2 is 1.82 bits per heavy atom. The van der Waals surface area contributed by atoms with Gasteiger partial charge in [-0.25, -0.2) is 8.78 Å². The van der Waals surface area contributed by atoms with Crippen LogP contribution in [0.15, 0.2) is 41.4 Å². The molecule has 3 rings (SSSR count). The molecule has 0 atom stereocenters. The van der Waals surface area contributed by atoms with Crippen LogP contribution in [0.4, 0.5) is 8.78 Å². The lowest BCUT2D eigenvalue weighted by Gasteiger charge is -2.10. The van der Waals surface area contributed by atoms with E-state index in [0.717, 1.165) is 22.3 Å². The van der Waals surface area contributed by atoms with Crippen molar-refractivity contribution in [2.45, 2.75) is 20.4 Å². The minimum Gasteiger partial charge on any atom is -0.492 e. The van der Waals surface area contributed by atoms with Crippen LogP contribution in [0.2, 0.25) is 0 Å². The van der Waals surface area contributed by atoms with E-state index in [9.17, 15) is 13.6 Å². The van der Waals surface area contributed by atoms with Gasteiger partial charge in [0.15, 0.2) is 4.80 Å². The van der Waals surface area contributed by atoms with E-state index < -0.39 is 23.1 Å². The molecule has 0 radical (unpaired) electrons. The third kappa shape index (κ3) is 4.13. The molecule has 3 aromatic rings. The predicted molar refractivity (Wildman–Crippen MR) is 104 cm³/mol. The van der Waals surface area contributed by atoms with Crippen LogP contribution in [0.5, 0.6) is 5.75 Å². The fourth-order valence-corrected chi connectivity index (χ4v) is 3.88. The molecule has 148 valence electrons. The van der Waals surface area contributed by atoms with E-state index in [4.69, 9.17) is 9.47 Å². The van der Waals surface area contributed by atoms with Gasteiger partial charge < -0.3 is 14.0 Å². The molecule has 0 aliphatic rings. The number of halogens is 2. The van der Waals surface area contributed by atoms with Crippen molar-refractivity contribution in [2.75, 3.05) is 19.8 Å². The van der Waals surface area contributed by atoms with Crippen molar-refractivity contribution in [3.05, 3.63) is 58.4 Å². The predicted octanol–water partition coefficient (Wildman–Crippen LogP) is 4.16. The molecule has 0 spiro atoms. The number of benzene rings is 2. The van der Waals surface area contributed by atoms with E-state index in [1.807, 2.05) is 32.0 Å². The zero-order valence-electron chi connectivity index (χ0n) is 15.6. The van der Waals surface area contributed by atoms with Crippen molar-refractivity contribution < 1.29 is 23.0 Å². The van der Waals surface area contributed by atoms with Crippen LogP contribution in [0.25, 0.3) is 10.2 Å². The average Bonchev–Trinajstić information content (AvgIpc) is 3.00. The Hall–Kier alpha value is -2.58. The Labute approximate surface area is 164 Å². The van der Waals surface area contributed by atoms with E-state index in [-0.39, 0.29) is 0 Å². The Kier molecular flexibility index (Phi) is 6.53. The van der Waals surface area contributed by atoms with Gasteiger partial charge in [-0.05, 0) is 38.1 Å². The van der Waals surface area contributed by atoms with Crippen molar-refractivity contribution in [3.8, 4) is 5.75 Å². The molecule has 2 aromatic carbocycles. The largest absolute Gasteiger partial charge is 0.492 e. The molecule has 0 bridgehead atoms. The highest BCUT2D eigenvalue weighted by molar-refractivity contribution is 7.16. The summed E-state index contributed by atoms with van der Waals surface area (Å²) in [6.45, 7) is 5.62. The van der Waals surface area contributed by atoms with Gasteiger partial charge in [0, 0.05) is 13.2 Å². The van der Waals surface area contributed by atoms with E-state index in [2.05, 4.69) is 4.99 Å². The number of hydrogen-bond acceptors (Lipinski definition) is 4. The molecule has 0 saturated carbocycles. The summed E-state index contributed by atoms with van der Waals surface area (Å²) in [7, 11) is 0. The molecule has 0 aliphatic carbocycles. The molecule has 0 fully saturated rings. The van der Waals surface area contributed by atoms with Gasteiger partial charge in [-0.3, -0.25) is 4.79 Å². The number of rotatable bonds is 7. The van der Waals surface area contributed by atoms with Crippen molar-refractivity contribution in [2.24, 2.45) is 4.99 Å². The average molecular weight is 406 g/mol. The van der Waals surface area contributed by atoms with E-state index >= 15 is 0 Å². The number of nitrogens with zero attached hydrogens (tertiary/aromatic N) is 2. The molecule has 8 heteroatoms. The van der Waals surface area contributed by atoms with E-state index in [0.29, 0.717) is 36.9 Å². The summed E-state index contributed by atoms with van der Waals surface area (Å²) in [5.74, 6) is -2.19. The summed E-state index contributed by atoms with van der Waals surface area (Å²) in [6, 6.07) is 8.83. The Balaban J connectivity index is 2.16. The minimum absolute atomic E-state index is 0.328. The smallest absolute Gasteiger partial charge is 0.285 e. The van der Waals surface area contributed by atoms with Crippen molar-refractivity contribution >= 4 is 27.5 Å². The van der Waals surface area contributed by atoms with Crippen LogP contribution in [0.3, 0.4) is 0 Å². The Bertz CT molecular complexity index is 1040. The van der Waals surface area contributed by atoms with Crippen LogP contribution < -0.4 is 9.54 Å². The van der Waals surface area contributed by atoms with Gasteiger partial charge in [-0.2, -0.15) is 4.99 Å². The molecule has 28 heavy (non-hydrogen) atoms. The number of aromatic nitrogens is 1. The molecule has 0 aliphatic heterocycles. The first-order chi connectivity index (χ1) is 13.6. The van der Waals surface area contributed by atoms with Crippen LogP contribution in [0, 0.1) is 11.6 Å². The lowest BCUT2D eigenvalue weighted by molar-refractivity contribution is 0.0988. The summed E-state index contributed by atoms with van der Waals surface area (Å²) >= 11 is 1.25. The maximum absolute atomic E-state index is 14.0. The molecule has 1 aromatic heterocycles. The minimum atomic E-state index is -0.967. The van der Waals surface area contributed by atoms with Gasteiger partial charge in [-0.15, -0.1) is 0 Å². The maximum Gasteiger partial charge on any atom is 0.285 e. The molecule has 1 amide bonds. The third-order valence-corrected chi connectivity index (χ3v) is 5.04. The normalized spacial score (nSPS) is 11.9. The second-order valence-corrected chi connectivity index (χ2v) is 6.79. The molecule has 1 heterocycles. The maximum atomic E-state index is 14.0. The topological polar surface area (TPSA) is 52.8 Å². The number of carbonyl (C=O) groups is 1. The SMILES string of the molecule is CCOCCn1c(=NC(=O)c2c(F)cccc2F)sc2cccc(OCC)c21. The number of para-hydroxylation sites is 1.